The molecule has 1 aliphatic heterocycles. The van der Waals surface area contributed by atoms with Gasteiger partial charge in [0.2, 0.25) is 0 Å². The minimum absolute atomic E-state index is 0.0198. The van der Waals surface area contributed by atoms with Gasteiger partial charge < -0.3 is 15.2 Å². The van der Waals surface area contributed by atoms with E-state index in [4.69, 9.17) is 15.2 Å². The maximum absolute atomic E-state index is 11.6. The van der Waals surface area contributed by atoms with Crippen LogP contribution >= 0.6 is 0 Å². The third-order valence-electron chi connectivity index (χ3n) is 2.55. The molecule has 0 aromatic rings. The van der Waals surface area contributed by atoms with Crippen LogP contribution in [0.4, 0.5) is 0 Å². The van der Waals surface area contributed by atoms with Crippen molar-refractivity contribution in [2.24, 2.45) is 5.73 Å². The van der Waals surface area contributed by atoms with Crippen LogP contribution in [0.5, 0.6) is 0 Å². The number of carbonyl (C=O) groups excluding carboxylic acids is 1. The lowest BCUT2D eigenvalue weighted by molar-refractivity contribution is -0.160. The maximum atomic E-state index is 11.6. The molecule has 2 unspecified atom stereocenters. The first-order valence-corrected chi connectivity index (χ1v) is 5.90. The third-order valence-corrected chi connectivity index (χ3v) is 2.55. The summed E-state index contributed by atoms with van der Waals surface area (Å²) in [5, 5.41) is 0. The fraction of sp³-hybridized carbons (Fsp3) is 0.917. The Morgan fingerprint density at radius 2 is 1.88 bits per heavy atom. The first-order valence-electron chi connectivity index (χ1n) is 5.90. The predicted molar refractivity (Wildman–Crippen MR) is 62.0 cm³/mol. The molecule has 4 nitrogen and oxygen atoms in total. The van der Waals surface area contributed by atoms with Crippen molar-refractivity contribution in [3.05, 3.63) is 0 Å². The lowest BCUT2D eigenvalue weighted by Crippen LogP contribution is -2.39. The molecule has 1 saturated heterocycles. The highest BCUT2D eigenvalue weighted by Crippen LogP contribution is 2.22. The Labute approximate surface area is 97.5 Å². The summed E-state index contributed by atoms with van der Waals surface area (Å²) in [5.74, 6) is -0.209. The van der Waals surface area contributed by atoms with Gasteiger partial charge in [0.25, 0.3) is 0 Å². The largest absolute Gasteiger partial charge is 0.462 e. The summed E-state index contributed by atoms with van der Waals surface area (Å²) < 4.78 is 11.0. The predicted octanol–water partition coefficient (Wildman–Crippen LogP) is 1.61. The van der Waals surface area contributed by atoms with Crippen LogP contribution in [0.3, 0.4) is 0 Å². The lowest BCUT2D eigenvalue weighted by Gasteiger charge is -2.32. The highest BCUT2D eigenvalue weighted by molar-refractivity contribution is 5.70. The van der Waals surface area contributed by atoms with Crippen LogP contribution < -0.4 is 5.73 Å². The number of rotatable bonds is 3. The van der Waals surface area contributed by atoms with Crippen LogP contribution in [-0.4, -0.2) is 29.8 Å². The van der Waals surface area contributed by atoms with Crippen molar-refractivity contribution in [2.75, 3.05) is 0 Å². The fourth-order valence-corrected chi connectivity index (χ4v) is 2.04. The summed E-state index contributed by atoms with van der Waals surface area (Å²) in [6, 6.07) is 0. The zero-order chi connectivity index (χ0) is 12.3. The number of hydrogen-bond donors (Lipinski definition) is 1. The van der Waals surface area contributed by atoms with E-state index >= 15 is 0 Å². The van der Waals surface area contributed by atoms with Gasteiger partial charge >= 0.3 is 5.97 Å². The van der Waals surface area contributed by atoms with E-state index in [0.29, 0.717) is 0 Å². The zero-order valence-electron chi connectivity index (χ0n) is 10.7. The number of carbonyl (C=O) groups is 1. The van der Waals surface area contributed by atoms with E-state index in [1.54, 1.807) is 0 Å². The van der Waals surface area contributed by atoms with E-state index in [0.717, 1.165) is 12.8 Å². The van der Waals surface area contributed by atoms with Gasteiger partial charge in [0.15, 0.2) is 0 Å². The summed E-state index contributed by atoms with van der Waals surface area (Å²) in [4.78, 5) is 11.6. The standard InChI is InChI=1S/C12H23NO3/c1-8-5-10(6-9(2)15-8)16-11(14)7-12(3,4)13/h8-10H,5-7,13H2,1-4H3. The Hall–Kier alpha value is -0.610. The zero-order valence-corrected chi connectivity index (χ0v) is 10.7. The summed E-state index contributed by atoms with van der Waals surface area (Å²) in [6.45, 7) is 7.65. The minimum Gasteiger partial charge on any atom is -0.462 e. The molecule has 0 saturated carbocycles. The van der Waals surface area contributed by atoms with E-state index < -0.39 is 5.54 Å². The van der Waals surface area contributed by atoms with Gasteiger partial charge in [-0.3, -0.25) is 4.79 Å². The fourth-order valence-electron chi connectivity index (χ4n) is 2.04. The molecule has 0 radical (unpaired) electrons. The molecule has 1 aliphatic rings. The number of ether oxygens (including phenoxy) is 2. The average molecular weight is 229 g/mol. The number of esters is 1. The Morgan fingerprint density at radius 1 is 1.38 bits per heavy atom. The van der Waals surface area contributed by atoms with Crippen LogP contribution in [0.2, 0.25) is 0 Å². The topological polar surface area (TPSA) is 61.5 Å². The van der Waals surface area contributed by atoms with Crippen LogP contribution in [0.15, 0.2) is 0 Å². The van der Waals surface area contributed by atoms with E-state index in [1.165, 1.54) is 0 Å². The molecule has 0 aromatic carbocycles. The molecule has 4 heteroatoms. The molecule has 2 atom stereocenters. The van der Waals surface area contributed by atoms with Crippen molar-refractivity contribution in [1.82, 2.24) is 0 Å². The molecule has 1 heterocycles. The van der Waals surface area contributed by atoms with Crippen molar-refractivity contribution in [3.63, 3.8) is 0 Å². The molecule has 2 N–H and O–H groups in total. The van der Waals surface area contributed by atoms with Crippen molar-refractivity contribution in [1.29, 1.82) is 0 Å². The minimum atomic E-state index is -0.501. The molecular weight excluding hydrogens is 206 g/mol. The van der Waals surface area contributed by atoms with Gasteiger partial charge in [-0.1, -0.05) is 0 Å². The quantitative estimate of drug-likeness (QED) is 0.747. The summed E-state index contributed by atoms with van der Waals surface area (Å²) in [5.41, 5.74) is 5.27. The monoisotopic (exact) mass is 229 g/mol. The molecule has 0 spiro atoms. The Kier molecular flexibility index (Phi) is 4.33. The Morgan fingerprint density at radius 3 is 2.31 bits per heavy atom. The van der Waals surface area contributed by atoms with E-state index in [-0.39, 0.29) is 30.7 Å². The Balaban J connectivity index is 2.39. The molecule has 0 aromatic heterocycles. The molecule has 1 rings (SSSR count). The highest BCUT2D eigenvalue weighted by atomic mass is 16.6. The van der Waals surface area contributed by atoms with Gasteiger partial charge in [0, 0.05) is 18.4 Å². The van der Waals surface area contributed by atoms with Crippen LogP contribution in [-0.2, 0) is 14.3 Å². The molecule has 94 valence electrons. The SMILES string of the molecule is CC1CC(OC(=O)CC(C)(C)N)CC(C)O1. The van der Waals surface area contributed by atoms with Crippen molar-refractivity contribution >= 4 is 5.97 Å². The van der Waals surface area contributed by atoms with Gasteiger partial charge in [-0.15, -0.1) is 0 Å². The normalized spacial score (nSPS) is 31.2. The molecule has 16 heavy (non-hydrogen) atoms. The Bertz CT molecular complexity index is 237. The second kappa shape index (κ2) is 5.15. The van der Waals surface area contributed by atoms with Gasteiger partial charge in [-0.05, 0) is 27.7 Å². The third kappa shape index (κ3) is 4.94. The highest BCUT2D eigenvalue weighted by Gasteiger charge is 2.28. The van der Waals surface area contributed by atoms with E-state index in [9.17, 15) is 4.79 Å². The summed E-state index contributed by atoms with van der Waals surface area (Å²) in [6.07, 6.45) is 2.11. The smallest absolute Gasteiger partial charge is 0.307 e. The van der Waals surface area contributed by atoms with E-state index in [2.05, 4.69) is 0 Å². The molecule has 1 fully saturated rings. The first-order chi connectivity index (χ1) is 7.26. The average Bonchev–Trinajstić information content (AvgIpc) is 1.96. The van der Waals surface area contributed by atoms with Crippen molar-refractivity contribution in [2.45, 2.75) is 70.8 Å². The second-order valence-corrected chi connectivity index (χ2v) is 5.51. The summed E-state index contributed by atoms with van der Waals surface area (Å²) >= 11 is 0. The summed E-state index contributed by atoms with van der Waals surface area (Å²) in [7, 11) is 0. The maximum Gasteiger partial charge on any atom is 0.307 e. The lowest BCUT2D eigenvalue weighted by atomic mass is 10.0. The van der Waals surface area contributed by atoms with Crippen LogP contribution in [0, 0.1) is 0 Å². The van der Waals surface area contributed by atoms with Crippen LogP contribution in [0.25, 0.3) is 0 Å². The van der Waals surface area contributed by atoms with Crippen molar-refractivity contribution in [3.8, 4) is 0 Å². The van der Waals surface area contributed by atoms with Crippen molar-refractivity contribution < 1.29 is 14.3 Å². The molecule has 0 bridgehead atoms. The number of nitrogens with two attached hydrogens (primary N) is 1. The molecular formula is C12H23NO3. The van der Waals surface area contributed by atoms with E-state index in [1.807, 2.05) is 27.7 Å². The molecule has 0 aliphatic carbocycles. The van der Waals surface area contributed by atoms with Gasteiger partial charge in [0.1, 0.15) is 6.10 Å². The molecule has 0 amide bonds. The van der Waals surface area contributed by atoms with Gasteiger partial charge in [-0.2, -0.15) is 0 Å². The number of hydrogen-bond acceptors (Lipinski definition) is 4. The second-order valence-electron chi connectivity index (χ2n) is 5.51. The van der Waals surface area contributed by atoms with Crippen LogP contribution in [0.1, 0.15) is 47.0 Å². The van der Waals surface area contributed by atoms with Gasteiger partial charge in [-0.25, -0.2) is 0 Å². The van der Waals surface area contributed by atoms with Gasteiger partial charge in [0.05, 0.1) is 18.6 Å². The first kappa shape index (κ1) is 13.5.